The number of hydrogen-bond acceptors (Lipinski definition) is 3. The molecule has 0 spiro atoms. The molecule has 3 aromatic rings. The van der Waals surface area contributed by atoms with Gasteiger partial charge in [-0.15, -0.1) is 18.2 Å². The van der Waals surface area contributed by atoms with Crippen LogP contribution in [-0.2, 0) is 17.4 Å². The van der Waals surface area contributed by atoms with Crippen LogP contribution >= 0.6 is 0 Å². The van der Waals surface area contributed by atoms with Crippen molar-refractivity contribution in [2.75, 3.05) is 0 Å². The van der Waals surface area contributed by atoms with Gasteiger partial charge >= 0.3 is 0 Å². The van der Waals surface area contributed by atoms with Crippen molar-refractivity contribution in [3.05, 3.63) is 96.2 Å². The van der Waals surface area contributed by atoms with Crippen LogP contribution in [0.15, 0.2) is 73.2 Å². The molecule has 0 aromatic carbocycles. The van der Waals surface area contributed by atoms with E-state index in [9.17, 15) is 0 Å². The van der Waals surface area contributed by atoms with Crippen LogP contribution in [0.4, 0.5) is 0 Å². The van der Waals surface area contributed by atoms with Crippen LogP contribution in [-0.4, -0.2) is 15.0 Å². The second kappa shape index (κ2) is 6.86. The topological polar surface area (TPSA) is 38.7 Å². The summed E-state index contributed by atoms with van der Waals surface area (Å²) in [4.78, 5) is 13.2. The minimum atomic E-state index is 0. The van der Waals surface area contributed by atoms with Gasteiger partial charge in [0.05, 0.1) is 0 Å². The first-order chi connectivity index (χ1) is 9.45. The first-order valence-corrected chi connectivity index (χ1v) is 6.06. The van der Waals surface area contributed by atoms with Crippen molar-refractivity contribution in [2.45, 2.75) is 0 Å². The quantitative estimate of drug-likeness (QED) is 0.698. The third-order valence-electron chi connectivity index (χ3n) is 2.76. The smallest absolute Gasteiger partial charge is 0.0247 e. The predicted octanol–water partition coefficient (Wildman–Crippen LogP) is 2.89. The van der Waals surface area contributed by atoms with Crippen LogP contribution < -0.4 is 0 Å². The van der Waals surface area contributed by atoms with Crippen molar-refractivity contribution in [1.82, 2.24) is 15.0 Å². The van der Waals surface area contributed by atoms with Crippen molar-refractivity contribution in [2.24, 2.45) is 0 Å². The summed E-state index contributed by atoms with van der Waals surface area (Å²) in [6, 6.07) is 17.5. The molecule has 0 bridgehead atoms. The molecule has 0 amide bonds. The second-order valence-electron chi connectivity index (χ2n) is 4.02. The van der Waals surface area contributed by atoms with Crippen LogP contribution in [0.25, 0.3) is 0 Å². The average Bonchev–Trinajstić information content (AvgIpc) is 2.51. The van der Waals surface area contributed by atoms with Crippen LogP contribution in [0, 0.1) is 5.92 Å². The molecule has 3 rings (SSSR count). The summed E-state index contributed by atoms with van der Waals surface area (Å²) in [5, 5.41) is 0. The van der Waals surface area contributed by atoms with Gasteiger partial charge in [0.1, 0.15) is 0 Å². The Hall–Kier alpha value is -2.15. The molecular formula is C16H12CrN3-. The van der Waals surface area contributed by atoms with Gasteiger partial charge < -0.3 is 0 Å². The Morgan fingerprint density at radius 3 is 1.15 bits per heavy atom. The van der Waals surface area contributed by atoms with Gasteiger partial charge in [-0.1, -0.05) is 36.4 Å². The SMILES string of the molecule is [Cr].c1ccc([C-](c2ccccn2)c2ccccn2)nc1. The minimum Gasteiger partial charge on any atom is -0.276 e. The zero-order valence-electron chi connectivity index (χ0n) is 10.7. The van der Waals surface area contributed by atoms with E-state index in [-0.39, 0.29) is 17.4 Å². The number of hydrogen-bond donors (Lipinski definition) is 0. The van der Waals surface area contributed by atoms with Gasteiger partial charge in [0.2, 0.25) is 0 Å². The van der Waals surface area contributed by atoms with Gasteiger partial charge in [-0.05, 0) is 23.0 Å². The largest absolute Gasteiger partial charge is 0.276 e. The summed E-state index contributed by atoms with van der Waals surface area (Å²) in [6.45, 7) is 0. The minimum absolute atomic E-state index is 0. The Bertz CT molecular complexity index is 536. The molecule has 98 valence electrons. The van der Waals surface area contributed by atoms with E-state index in [0.717, 1.165) is 23.0 Å². The van der Waals surface area contributed by atoms with Crippen LogP contribution in [0.3, 0.4) is 0 Å². The molecule has 0 N–H and O–H groups in total. The summed E-state index contributed by atoms with van der Waals surface area (Å²) in [5.74, 6) is 0.946. The zero-order valence-corrected chi connectivity index (χ0v) is 12.0. The summed E-state index contributed by atoms with van der Waals surface area (Å²) < 4.78 is 0. The Labute approximate surface area is 128 Å². The molecule has 0 aliphatic carbocycles. The van der Waals surface area contributed by atoms with Gasteiger partial charge in [0, 0.05) is 36.0 Å². The predicted molar refractivity (Wildman–Crippen MR) is 73.3 cm³/mol. The first kappa shape index (κ1) is 14.3. The maximum atomic E-state index is 4.41. The second-order valence-corrected chi connectivity index (χ2v) is 4.02. The molecule has 20 heavy (non-hydrogen) atoms. The van der Waals surface area contributed by atoms with E-state index in [1.807, 2.05) is 54.6 Å². The number of rotatable bonds is 3. The number of nitrogens with zero attached hydrogens (tertiary/aromatic N) is 3. The Morgan fingerprint density at radius 2 is 0.900 bits per heavy atom. The van der Waals surface area contributed by atoms with E-state index >= 15 is 0 Å². The fourth-order valence-electron chi connectivity index (χ4n) is 1.93. The van der Waals surface area contributed by atoms with E-state index in [4.69, 9.17) is 0 Å². The molecule has 4 heteroatoms. The van der Waals surface area contributed by atoms with E-state index in [1.165, 1.54) is 0 Å². The van der Waals surface area contributed by atoms with Gasteiger partial charge in [-0.2, -0.15) is 0 Å². The van der Waals surface area contributed by atoms with Crippen molar-refractivity contribution >= 4 is 0 Å². The van der Waals surface area contributed by atoms with E-state index in [0.29, 0.717) is 0 Å². The molecule has 0 fully saturated rings. The molecule has 0 radical (unpaired) electrons. The fraction of sp³-hybridized carbons (Fsp3) is 0. The van der Waals surface area contributed by atoms with E-state index in [2.05, 4.69) is 15.0 Å². The Morgan fingerprint density at radius 1 is 0.550 bits per heavy atom. The van der Waals surface area contributed by atoms with Gasteiger partial charge in [-0.3, -0.25) is 15.0 Å². The number of aromatic nitrogens is 3. The van der Waals surface area contributed by atoms with E-state index < -0.39 is 0 Å². The molecule has 0 unspecified atom stereocenters. The van der Waals surface area contributed by atoms with Crippen molar-refractivity contribution < 1.29 is 17.4 Å². The fourth-order valence-corrected chi connectivity index (χ4v) is 1.93. The molecule has 0 aliphatic rings. The summed E-state index contributed by atoms with van der Waals surface area (Å²) in [7, 11) is 0. The molecule has 0 saturated carbocycles. The zero-order chi connectivity index (χ0) is 12.9. The molecule has 3 nitrogen and oxygen atoms in total. The molecule has 0 aliphatic heterocycles. The van der Waals surface area contributed by atoms with Crippen LogP contribution in [0.5, 0.6) is 0 Å². The third kappa shape index (κ3) is 3.05. The van der Waals surface area contributed by atoms with Gasteiger partial charge in [0.25, 0.3) is 0 Å². The summed E-state index contributed by atoms with van der Waals surface area (Å²) >= 11 is 0. The maximum Gasteiger partial charge on any atom is 0.0247 e. The molecule has 3 heterocycles. The van der Waals surface area contributed by atoms with Crippen molar-refractivity contribution in [1.29, 1.82) is 0 Å². The summed E-state index contributed by atoms with van der Waals surface area (Å²) in [6.07, 6.45) is 5.34. The Balaban J connectivity index is 0.00000147. The average molecular weight is 298 g/mol. The van der Waals surface area contributed by atoms with E-state index in [1.54, 1.807) is 18.6 Å². The van der Waals surface area contributed by atoms with Crippen molar-refractivity contribution in [3.8, 4) is 0 Å². The number of pyridine rings is 3. The first-order valence-electron chi connectivity index (χ1n) is 6.06. The van der Waals surface area contributed by atoms with Gasteiger partial charge in [0.15, 0.2) is 0 Å². The third-order valence-corrected chi connectivity index (χ3v) is 2.76. The molecule has 3 aromatic heterocycles. The molecule has 0 saturated heterocycles. The normalized spacial score (nSPS) is 9.60. The van der Waals surface area contributed by atoms with Crippen LogP contribution in [0.1, 0.15) is 17.1 Å². The molecular weight excluding hydrogens is 286 g/mol. The van der Waals surface area contributed by atoms with Crippen LogP contribution in [0.2, 0.25) is 0 Å². The standard InChI is InChI=1S/C16H12N3.Cr/c1-4-10-17-13(7-1)16(14-8-2-5-11-18-14)15-9-3-6-12-19-15;/h1-12H;/q-1;. The monoisotopic (exact) mass is 298 g/mol. The molecule has 0 atom stereocenters. The van der Waals surface area contributed by atoms with Gasteiger partial charge in [-0.25, -0.2) is 0 Å². The Kier molecular flexibility index (Phi) is 4.89. The maximum absolute atomic E-state index is 4.41. The summed E-state index contributed by atoms with van der Waals surface area (Å²) in [5.41, 5.74) is 2.62. The van der Waals surface area contributed by atoms with Crippen molar-refractivity contribution in [3.63, 3.8) is 0 Å².